The molecule has 1 unspecified atom stereocenters. The van der Waals surface area contributed by atoms with Crippen molar-refractivity contribution in [1.29, 1.82) is 0 Å². The number of rotatable bonds is 1. The zero-order valence-electron chi connectivity index (χ0n) is 10.6. The predicted molar refractivity (Wildman–Crippen MR) is 75.4 cm³/mol. The van der Waals surface area contributed by atoms with Crippen LogP contribution in [-0.2, 0) is 0 Å². The smallest absolute Gasteiger partial charge is 0.129 e. The van der Waals surface area contributed by atoms with Gasteiger partial charge < -0.3 is 5.11 Å². The molecule has 1 aliphatic heterocycles. The Morgan fingerprint density at radius 2 is 1.72 bits per heavy atom. The topological polar surface area (TPSA) is 20.2 Å². The van der Waals surface area contributed by atoms with Crippen LogP contribution in [0.5, 0.6) is 5.75 Å². The first-order chi connectivity index (χ1) is 8.68. The van der Waals surface area contributed by atoms with Crippen LogP contribution in [0.4, 0.5) is 0 Å². The molecule has 1 atom stereocenters. The molecule has 92 valence electrons. The third-order valence-electron chi connectivity index (χ3n) is 3.49. The summed E-state index contributed by atoms with van der Waals surface area (Å²) in [7, 11) is 0. The summed E-state index contributed by atoms with van der Waals surface area (Å²) in [4.78, 5) is 2.29. The zero-order valence-corrected chi connectivity index (χ0v) is 11.4. The largest absolute Gasteiger partial charge is 0.507 e. The van der Waals surface area contributed by atoms with Gasteiger partial charge in [0.2, 0.25) is 0 Å². The molecule has 0 aliphatic carbocycles. The van der Waals surface area contributed by atoms with Crippen LogP contribution >= 0.6 is 11.8 Å². The van der Waals surface area contributed by atoms with E-state index in [2.05, 4.69) is 44.2 Å². The lowest BCUT2D eigenvalue weighted by Crippen LogP contribution is -2.13. The van der Waals surface area contributed by atoms with Gasteiger partial charge in [-0.15, -0.1) is 0 Å². The Morgan fingerprint density at radius 3 is 2.50 bits per heavy atom. The van der Waals surface area contributed by atoms with E-state index < -0.39 is 0 Å². The summed E-state index contributed by atoms with van der Waals surface area (Å²) in [6, 6.07) is 14.4. The van der Waals surface area contributed by atoms with Gasteiger partial charge in [0.1, 0.15) is 5.75 Å². The summed E-state index contributed by atoms with van der Waals surface area (Å²) in [6.45, 7) is 4.48. The van der Waals surface area contributed by atoms with Gasteiger partial charge in [0, 0.05) is 10.8 Å². The van der Waals surface area contributed by atoms with E-state index >= 15 is 0 Å². The molecule has 1 heterocycles. The van der Waals surface area contributed by atoms with Crippen LogP contribution in [0.1, 0.15) is 30.9 Å². The number of hydrogen-bond acceptors (Lipinski definition) is 2. The Bertz CT molecular complexity index is 589. The van der Waals surface area contributed by atoms with Crippen LogP contribution in [0.3, 0.4) is 0 Å². The summed E-state index contributed by atoms with van der Waals surface area (Å²) >= 11 is 1.68. The highest BCUT2D eigenvalue weighted by atomic mass is 32.2. The molecule has 18 heavy (non-hydrogen) atoms. The number of fused-ring (bicyclic) bond motifs is 2. The monoisotopic (exact) mass is 256 g/mol. The number of hydrogen-bond donors (Lipinski definition) is 1. The van der Waals surface area contributed by atoms with Crippen molar-refractivity contribution in [3.05, 3.63) is 53.6 Å². The van der Waals surface area contributed by atoms with Crippen molar-refractivity contribution in [2.45, 2.75) is 29.6 Å². The van der Waals surface area contributed by atoms with E-state index in [1.165, 1.54) is 16.0 Å². The van der Waals surface area contributed by atoms with E-state index in [0.717, 1.165) is 4.90 Å². The van der Waals surface area contributed by atoms with Gasteiger partial charge in [0.15, 0.2) is 0 Å². The minimum Gasteiger partial charge on any atom is -0.507 e. The second kappa shape index (κ2) is 4.36. The maximum Gasteiger partial charge on any atom is 0.129 e. The van der Waals surface area contributed by atoms with E-state index in [1.807, 2.05) is 6.07 Å². The van der Waals surface area contributed by atoms with Crippen LogP contribution in [0.2, 0.25) is 0 Å². The van der Waals surface area contributed by atoms with Crippen molar-refractivity contribution in [3.8, 4) is 5.75 Å². The molecule has 0 fully saturated rings. The average molecular weight is 256 g/mol. The third-order valence-corrected chi connectivity index (χ3v) is 4.73. The minimum atomic E-state index is 0.379. The highest BCUT2D eigenvalue weighted by molar-refractivity contribution is 7.99. The molecule has 2 aromatic carbocycles. The Labute approximate surface area is 112 Å². The standard InChI is InChI=1S/C16H16OS/c1-10(2)15-11-6-3-4-9-14(11)18-16-12(15)7-5-8-13(16)17/h3-10,15,17H,1-2H3. The molecule has 0 aromatic heterocycles. The van der Waals surface area contributed by atoms with E-state index in [-0.39, 0.29) is 0 Å². The number of phenolic OH excluding ortho intramolecular Hbond substituents is 1. The molecule has 0 spiro atoms. The molecule has 1 N–H and O–H groups in total. The average Bonchev–Trinajstić information content (AvgIpc) is 2.36. The van der Waals surface area contributed by atoms with Crippen molar-refractivity contribution < 1.29 is 5.11 Å². The fourth-order valence-corrected chi connectivity index (χ4v) is 3.89. The van der Waals surface area contributed by atoms with Crippen molar-refractivity contribution >= 4 is 11.8 Å². The van der Waals surface area contributed by atoms with Crippen molar-refractivity contribution in [2.75, 3.05) is 0 Å². The summed E-state index contributed by atoms with van der Waals surface area (Å²) in [5, 5.41) is 10.1. The Morgan fingerprint density at radius 1 is 1.00 bits per heavy atom. The van der Waals surface area contributed by atoms with E-state index in [9.17, 15) is 5.11 Å². The lowest BCUT2D eigenvalue weighted by molar-refractivity contribution is 0.455. The summed E-state index contributed by atoms with van der Waals surface area (Å²) in [5.41, 5.74) is 2.64. The van der Waals surface area contributed by atoms with Crippen LogP contribution in [0, 0.1) is 5.92 Å². The Balaban J connectivity index is 2.24. The first kappa shape index (κ1) is 11.7. The van der Waals surface area contributed by atoms with Gasteiger partial charge in [0.25, 0.3) is 0 Å². The van der Waals surface area contributed by atoms with Gasteiger partial charge in [-0.05, 0) is 29.2 Å². The molecule has 0 amide bonds. The molecule has 0 bridgehead atoms. The molecule has 0 saturated carbocycles. The summed E-state index contributed by atoms with van der Waals surface area (Å²) in [5.74, 6) is 1.30. The SMILES string of the molecule is CC(C)C1c2ccccc2Sc2c(O)cccc21. The second-order valence-electron chi connectivity index (χ2n) is 5.06. The van der Waals surface area contributed by atoms with Gasteiger partial charge in [0.05, 0.1) is 4.90 Å². The number of benzene rings is 2. The highest BCUT2D eigenvalue weighted by Gasteiger charge is 2.29. The molecule has 0 saturated heterocycles. The van der Waals surface area contributed by atoms with Gasteiger partial charge in [-0.25, -0.2) is 0 Å². The highest BCUT2D eigenvalue weighted by Crippen LogP contribution is 2.51. The molecule has 1 aliphatic rings. The van der Waals surface area contributed by atoms with E-state index in [1.54, 1.807) is 17.8 Å². The van der Waals surface area contributed by atoms with Crippen LogP contribution in [-0.4, -0.2) is 5.11 Å². The molecule has 0 radical (unpaired) electrons. The van der Waals surface area contributed by atoms with Crippen molar-refractivity contribution in [3.63, 3.8) is 0 Å². The lowest BCUT2D eigenvalue weighted by atomic mass is 9.82. The molecule has 2 heteroatoms. The van der Waals surface area contributed by atoms with Crippen LogP contribution in [0.15, 0.2) is 52.3 Å². The summed E-state index contributed by atoms with van der Waals surface area (Å²) < 4.78 is 0. The maximum absolute atomic E-state index is 10.1. The maximum atomic E-state index is 10.1. The zero-order chi connectivity index (χ0) is 12.7. The van der Waals surface area contributed by atoms with Crippen LogP contribution in [0.25, 0.3) is 0 Å². The number of aromatic hydroxyl groups is 1. The normalized spacial score (nSPS) is 17.4. The lowest BCUT2D eigenvalue weighted by Gasteiger charge is -2.30. The van der Waals surface area contributed by atoms with Crippen molar-refractivity contribution in [2.24, 2.45) is 5.92 Å². The first-order valence-corrected chi connectivity index (χ1v) is 7.09. The first-order valence-electron chi connectivity index (χ1n) is 6.27. The predicted octanol–water partition coefficient (Wildman–Crippen LogP) is 4.64. The molecule has 1 nitrogen and oxygen atoms in total. The van der Waals surface area contributed by atoms with Gasteiger partial charge in [-0.1, -0.05) is 55.9 Å². The fraction of sp³-hybridized carbons (Fsp3) is 0.250. The van der Waals surface area contributed by atoms with E-state index in [0.29, 0.717) is 17.6 Å². The van der Waals surface area contributed by atoms with Gasteiger partial charge >= 0.3 is 0 Å². The minimum absolute atomic E-state index is 0.379. The Kier molecular flexibility index (Phi) is 2.83. The quantitative estimate of drug-likeness (QED) is 0.801. The Hall–Kier alpha value is -1.41. The number of phenols is 1. The fourth-order valence-electron chi connectivity index (χ4n) is 2.72. The molecular formula is C16H16OS. The van der Waals surface area contributed by atoms with Crippen molar-refractivity contribution in [1.82, 2.24) is 0 Å². The molecule has 2 aromatic rings. The molecule has 3 rings (SSSR count). The van der Waals surface area contributed by atoms with E-state index in [4.69, 9.17) is 0 Å². The summed E-state index contributed by atoms with van der Waals surface area (Å²) in [6.07, 6.45) is 0. The van der Waals surface area contributed by atoms with Gasteiger partial charge in [-0.3, -0.25) is 0 Å². The molecular weight excluding hydrogens is 240 g/mol. The van der Waals surface area contributed by atoms with Gasteiger partial charge in [-0.2, -0.15) is 0 Å². The van der Waals surface area contributed by atoms with Crippen LogP contribution < -0.4 is 0 Å². The third kappa shape index (κ3) is 1.72. The second-order valence-corrected chi connectivity index (χ2v) is 6.11.